The topological polar surface area (TPSA) is 62.2 Å². The van der Waals surface area contributed by atoms with Crippen LogP contribution in [0, 0.1) is 6.92 Å². The van der Waals surface area contributed by atoms with E-state index in [0.29, 0.717) is 12.1 Å². The van der Waals surface area contributed by atoms with Gasteiger partial charge in [0, 0.05) is 29.6 Å². The quantitative estimate of drug-likeness (QED) is 0.825. The lowest BCUT2D eigenvalue weighted by Gasteiger charge is -2.04. The standard InChI is InChI=1S/C14H16N2O2S/c1-10-9-19-13(16-10)3-2-8-15-14(18)11-4-6-12(17)7-5-11/h4-7,9,17H,2-3,8H2,1H3,(H,15,18). The Kier molecular flexibility index (Phi) is 4.52. The molecule has 0 aliphatic heterocycles. The second-order valence-electron chi connectivity index (χ2n) is 4.29. The number of phenols is 1. The third-order valence-corrected chi connectivity index (χ3v) is 3.68. The van der Waals surface area contributed by atoms with Crippen molar-refractivity contribution >= 4 is 17.2 Å². The van der Waals surface area contributed by atoms with Crippen LogP contribution in [0.25, 0.3) is 0 Å². The van der Waals surface area contributed by atoms with Crippen molar-refractivity contribution in [3.05, 3.63) is 45.9 Å². The number of benzene rings is 1. The molecule has 0 bridgehead atoms. The zero-order valence-electron chi connectivity index (χ0n) is 10.7. The minimum atomic E-state index is -0.115. The molecule has 0 aliphatic carbocycles. The van der Waals surface area contributed by atoms with E-state index in [9.17, 15) is 4.79 Å². The number of rotatable bonds is 5. The molecule has 2 N–H and O–H groups in total. The molecule has 1 amide bonds. The Morgan fingerprint density at radius 1 is 1.37 bits per heavy atom. The van der Waals surface area contributed by atoms with Gasteiger partial charge in [0.2, 0.25) is 0 Å². The number of carbonyl (C=O) groups is 1. The molecule has 0 saturated heterocycles. The van der Waals surface area contributed by atoms with Crippen LogP contribution in [0.4, 0.5) is 0 Å². The van der Waals surface area contributed by atoms with E-state index in [4.69, 9.17) is 5.11 Å². The van der Waals surface area contributed by atoms with Crippen LogP contribution in [0.15, 0.2) is 29.6 Å². The first-order valence-electron chi connectivity index (χ1n) is 6.13. The molecule has 0 atom stereocenters. The third kappa shape index (κ3) is 4.06. The molecule has 0 spiro atoms. The largest absolute Gasteiger partial charge is 0.508 e. The van der Waals surface area contributed by atoms with Gasteiger partial charge >= 0.3 is 0 Å². The number of phenolic OH excluding ortho intramolecular Hbond substituents is 1. The zero-order chi connectivity index (χ0) is 13.7. The number of aromatic nitrogens is 1. The van der Waals surface area contributed by atoms with Crippen molar-refractivity contribution in [1.82, 2.24) is 10.3 Å². The lowest BCUT2D eigenvalue weighted by Crippen LogP contribution is -2.24. The number of hydrogen-bond donors (Lipinski definition) is 2. The van der Waals surface area contributed by atoms with E-state index in [1.165, 1.54) is 12.1 Å². The van der Waals surface area contributed by atoms with E-state index in [-0.39, 0.29) is 11.7 Å². The highest BCUT2D eigenvalue weighted by Crippen LogP contribution is 2.11. The molecule has 1 aromatic heterocycles. The Morgan fingerprint density at radius 3 is 2.74 bits per heavy atom. The van der Waals surface area contributed by atoms with Crippen molar-refractivity contribution in [2.24, 2.45) is 0 Å². The average Bonchev–Trinajstić information content (AvgIpc) is 2.81. The molecule has 4 nitrogen and oxygen atoms in total. The molecular formula is C14H16N2O2S. The molecule has 0 unspecified atom stereocenters. The first kappa shape index (κ1) is 13.5. The Balaban J connectivity index is 1.73. The molecule has 19 heavy (non-hydrogen) atoms. The highest BCUT2D eigenvalue weighted by Gasteiger charge is 2.04. The zero-order valence-corrected chi connectivity index (χ0v) is 11.5. The molecule has 1 aromatic carbocycles. The summed E-state index contributed by atoms with van der Waals surface area (Å²) in [4.78, 5) is 16.1. The van der Waals surface area contributed by atoms with Crippen LogP contribution in [-0.4, -0.2) is 22.5 Å². The molecule has 2 aromatic rings. The monoisotopic (exact) mass is 276 g/mol. The highest BCUT2D eigenvalue weighted by molar-refractivity contribution is 7.09. The van der Waals surface area contributed by atoms with Gasteiger partial charge in [0.15, 0.2) is 0 Å². The molecule has 5 heteroatoms. The van der Waals surface area contributed by atoms with Crippen LogP contribution in [0.3, 0.4) is 0 Å². The molecule has 0 aliphatic rings. The number of aromatic hydroxyl groups is 1. The van der Waals surface area contributed by atoms with Gasteiger partial charge in [-0.15, -0.1) is 11.3 Å². The van der Waals surface area contributed by atoms with E-state index in [1.54, 1.807) is 23.5 Å². The maximum atomic E-state index is 11.8. The first-order valence-corrected chi connectivity index (χ1v) is 7.01. The summed E-state index contributed by atoms with van der Waals surface area (Å²) in [5.41, 5.74) is 1.61. The van der Waals surface area contributed by atoms with Gasteiger partial charge in [-0.05, 0) is 37.6 Å². The maximum absolute atomic E-state index is 11.8. The van der Waals surface area contributed by atoms with Gasteiger partial charge in [-0.25, -0.2) is 4.98 Å². The van der Waals surface area contributed by atoms with Crippen LogP contribution >= 0.6 is 11.3 Å². The van der Waals surface area contributed by atoms with Crippen molar-refractivity contribution < 1.29 is 9.90 Å². The fraction of sp³-hybridized carbons (Fsp3) is 0.286. The molecule has 2 rings (SSSR count). The number of hydrogen-bond acceptors (Lipinski definition) is 4. The average molecular weight is 276 g/mol. The normalized spacial score (nSPS) is 10.4. The molecule has 0 saturated carbocycles. The van der Waals surface area contributed by atoms with E-state index in [0.717, 1.165) is 23.5 Å². The third-order valence-electron chi connectivity index (χ3n) is 2.65. The van der Waals surface area contributed by atoms with Gasteiger partial charge in [-0.2, -0.15) is 0 Å². The highest BCUT2D eigenvalue weighted by atomic mass is 32.1. The van der Waals surface area contributed by atoms with Crippen LogP contribution in [0.1, 0.15) is 27.5 Å². The summed E-state index contributed by atoms with van der Waals surface area (Å²) >= 11 is 1.65. The van der Waals surface area contributed by atoms with Crippen molar-refractivity contribution in [2.75, 3.05) is 6.54 Å². The maximum Gasteiger partial charge on any atom is 0.251 e. The number of nitrogens with zero attached hydrogens (tertiary/aromatic N) is 1. The minimum absolute atomic E-state index is 0.115. The van der Waals surface area contributed by atoms with Crippen molar-refractivity contribution in [1.29, 1.82) is 0 Å². The van der Waals surface area contributed by atoms with Crippen LogP contribution in [0.2, 0.25) is 0 Å². The summed E-state index contributed by atoms with van der Waals surface area (Å²) in [6.45, 7) is 2.60. The number of amides is 1. The predicted octanol–water partition coefficient (Wildman–Crippen LogP) is 2.52. The van der Waals surface area contributed by atoms with Crippen LogP contribution < -0.4 is 5.32 Å². The number of carbonyl (C=O) groups excluding carboxylic acids is 1. The molecule has 100 valence electrons. The van der Waals surface area contributed by atoms with Gasteiger partial charge in [0.05, 0.1) is 5.01 Å². The van der Waals surface area contributed by atoms with Gasteiger partial charge in [0.1, 0.15) is 5.75 Å². The summed E-state index contributed by atoms with van der Waals surface area (Å²) in [6.07, 6.45) is 1.76. The summed E-state index contributed by atoms with van der Waals surface area (Å²) in [6, 6.07) is 6.23. The lowest BCUT2D eigenvalue weighted by atomic mass is 10.2. The van der Waals surface area contributed by atoms with Crippen molar-refractivity contribution in [2.45, 2.75) is 19.8 Å². The Morgan fingerprint density at radius 2 is 2.11 bits per heavy atom. The van der Waals surface area contributed by atoms with Gasteiger partial charge in [-0.3, -0.25) is 4.79 Å². The smallest absolute Gasteiger partial charge is 0.251 e. The van der Waals surface area contributed by atoms with E-state index < -0.39 is 0 Å². The van der Waals surface area contributed by atoms with Crippen LogP contribution in [-0.2, 0) is 6.42 Å². The van der Waals surface area contributed by atoms with Gasteiger partial charge in [-0.1, -0.05) is 0 Å². The fourth-order valence-electron chi connectivity index (χ4n) is 1.67. The fourth-order valence-corrected chi connectivity index (χ4v) is 2.49. The molecule has 0 radical (unpaired) electrons. The van der Waals surface area contributed by atoms with E-state index >= 15 is 0 Å². The second kappa shape index (κ2) is 6.33. The minimum Gasteiger partial charge on any atom is -0.508 e. The van der Waals surface area contributed by atoms with Crippen molar-refractivity contribution in [3.8, 4) is 5.75 Å². The van der Waals surface area contributed by atoms with Gasteiger partial charge < -0.3 is 10.4 Å². The van der Waals surface area contributed by atoms with E-state index in [2.05, 4.69) is 10.3 Å². The number of nitrogens with one attached hydrogen (secondary N) is 1. The Labute approximate surface area is 116 Å². The summed E-state index contributed by atoms with van der Waals surface area (Å²) in [7, 11) is 0. The second-order valence-corrected chi connectivity index (χ2v) is 5.23. The first-order chi connectivity index (χ1) is 9.15. The molecular weight excluding hydrogens is 260 g/mol. The predicted molar refractivity (Wildman–Crippen MR) is 75.6 cm³/mol. The lowest BCUT2D eigenvalue weighted by molar-refractivity contribution is 0.0953. The summed E-state index contributed by atoms with van der Waals surface area (Å²) in [5.74, 6) is 0.0472. The van der Waals surface area contributed by atoms with Gasteiger partial charge in [0.25, 0.3) is 5.91 Å². The Bertz CT molecular complexity index is 549. The summed E-state index contributed by atoms with van der Waals surface area (Å²) in [5, 5.41) is 15.1. The van der Waals surface area contributed by atoms with Crippen molar-refractivity contribution in [3.63, 3.8) is 0 Å². The molecule has 1 heterocycles. The van der Waals surface area contributed by atoms with Crippen LogP contribution in [0.5, 0.6) is 5.75 Å². The Hall–Kier alpha value is -1.88. The number of thiazole rings is 1. The SMILES string of the molecule is Cc1csc(CCCNC(=O)c2ccc(O)cc2)n1. The molecule has 0 fully saturated rings. The van der Waals surface area contributed by atoms with E-state index in [1.807, 2.05) is 12.3 Å². The summed E-state index contributed by atoms with van der Waals surface area (Å²) < 4.78 is 0. The number of aryl methyl sites for hydroxylation is 2.